The van der Waals surface area contributed by atoms with E-state index in [4.69, 9.17) is 11.6 Å². The lowest BCUT2D eigenvalue weighted by Gasteiger charge is -2.28. The summed E-state index contributed by atoms with van der Waals surface area (Å²) in [5, 5.41) is 10.5. The Morgan fingerprint density at radius 1 is 1.00 bits per heavy atom. The zero-order chi connectivity index (χ0) is 13.0. The molecule has 0 saturated heterocycles. The Bertz CT molecular complexity index is 492. The van der Waals surface area contributed by atoms with E-state index in [1.54, 1.807) is 0 Å². The topological polar surface area (TPSA) is 20.2 Å². The molecule has 0 spiro atoms. The van der Waals surface area contributed by atoms with Crippen molar-refractivity contribution in [3.05, 3.63) is 70.7 Å². The number of aliphatic hydroxyl groups excluding tert-OH is 1. The quantitative estimate of drug-likeness (QED) is 0.886. The fourth-order valence-corrected chi connectivity index (χ4v) is 2.27. The molecule has 0 saturated carbocycles. The average Bonchev–Trinajstić information content (AvgIpc) is 2.40. The van der Waals surface area contributed by atoms with Gasteiger partial charge in [0, 0.05) is 10.4 Å². The normalized spacial score (nSPS) is 14.2. The molecule has 0 aliphatic rings. The Labute approximate surface area is 113 Å². The fourth-order valence-electron chi connectivity index (χ4n) is 2.15. The Hall–Kier alpha value is -1.31. The van der Waals surface area contributed by atoms with Gasteiger partial charge in [0.05, 0.1) is 6.61 Å². The van der Waals surface area contributed by atoms with Crippen molar-refractivity contribution in [3.8, 4) is 0 Å². The lowest BCUT2D eigenvalue weighted by molar-refractivity contribution is 0.204. The maximum Gasteiger partial charge on any atom is 0.0528 e. The molecule has 94 valence electrons. The first-order valence-electron chi connectivity index (χ1n) is 6.05. The van der Waals surface area contributed by atoms with Gasteiger partial charge >= 0.3 is 0 Å². The number of aliphatic hydroxyl groups is 1. The second-order valence-electron chi connectivity index (χ2n) is 4.89. The molecular weight excluding hydrogens is 244 g/mol. The van der Waals surface area contributed by atoms with Crippen LogP contribution in [0.25, 0.3) is 0 Å². The van der Waals surface area contributed by atoms with Crippen molar-refractivity contribution in [1.29, 1.82) is 0 Å². The molecule has 1 atom stereocenters. The molecule has 0 fully saturated rings. The van der Waals surface area contributed by atoms with Crippen LogP contribution in [0.15, 0.2) is 54.6 Å². The van der Waals surface area contributed by atoms with Crippen LogP contribution in [0.3, 0.4) is 0 Å². The minimum absolute atomic E-state index is 0.115. The molecule has 18 heavy (non-hydrogen) atoms. The molecule has 0 bridgehead atoms. The Morgan fingerprint density at radius 2 is 1.61 bits per heavy atom. The van der Waals surface area contributed by atoms with Gasteiger partial charge in [-0.1, -0.05) is 61.0 Å². The number of rotatable bonds is 4. The molecule has 2 heteroatoms. The van der Waals surface area contributed by atoms with Gasteiger partial charge in [0.15, 0.2) is 0 Å². The van der Waals surface area contributed by atoms with Crippen molar-refractivity contribution >= 4 is 11.6 Å². The summed E-state index contributed by atoms with van der Waals surface area (Å²) in [6.45, 7) is 2.19. The van der Waals surface area contributed by atoms with E-state index in [1.807, 2.05) is 42.5 Å². The summed E-state index contributed by atoms with van der Waals surface area (Å²) in [6, 6.07) is 17.9. The highest BCUT2D eigenvalue weighted by Crippen LogP contribution is 2.28. The van der Waals surface area contributed by atoms with Gasteiger partial charge in [0.25, 0.3) is 0 Å². The van der Waals surface area contributed by atoms with Gasteiger partial charge in [0.1, 0.15) is 0 Å². The van der Waals surface area contributed by atoms with Gasteiger partial charge in [-0.2, -0.15) is 0 Å². The van der Waals surface area contributed by atoms with E-state index in [-0.39, 0.29) is 12.0 Å². The summed E-state index contributed by atoms with van der Waals surface area (Å²) in [7, 11) is 0. The Balaban J connectivity index is 2.28. The molecule has 0 heterocycles. The highest BCUT2D eigenvalue weighted by molar-refractivity contribution is 6.30. The number of benzene rings is 2. The molecule has 0 aliphatic heterocycles. The highest BCUT2D eigenvalue weighted by Gasteiger charge is 2.26. The van der Waals surface area contributed by atoms with Crippen LogP contribution < -0.4 is 0 Å². The number of halogens is 1. The van der Waals surface area contributed by atoms with E-state index in [2.05, 4.69) is 19.1 Å². The molecule has 0 aromatic heterocycles. The lowest BCUT2D eigenvalue weighted by Crippen LogP contribution is -2.29. The molecule has 2 aromatic rings. The minimum atomic E-state index is -0.272. The third-order valence-electron chi connectivity index (χ3n) is 3.33. The predicted molar refractivity (Wildman–Crippen MR) is 76.0 cm³/mol. The van der Waals surface area contributed by atoms with Crippen molar-refractivity contribution in [1.82, 2.24) is 0 Å². The molecule has 1 unspecified atom stereocenters. The summed E-state index contributed by atoms with van der Waals surface area (Å²) in [5.74, 6) is 0. The fraction of sp³-hybridized carbons (Fsp3) is 0.250. The third kappa shape index (κ3) is 2.92. The van der Waals surface area contributed by atoms with E-state index >= 15 is 0 Å². The van der Waals surface area contributed by atoms with E-state index < -0.39 is 0 Å². The predicted octanol–water partition coefficient (Wildman–Crippen LogP) is 3.83. The van der Waals surface area contributed by atoms with Crippen molar-refractivity contribution < 1.29 is 5.11 Å². The van der Waals surface area contributed by atoms with Gasteiger partial charge in [-0.25, -0.2) is 0 Å². The SMILES string of the molecule is CC(CO)(Cc1ccccc1)c1ccc(Cl)cc1. The monoisotopic (exact) mass is 260 g/mol. The Morgan fingerprint density at radius 3 is 2.17 bits per heavy atom. The van der Waals surface area contributed by atoms with Crippen LogP contribution in [0.1, 0.15) is 18.1 Å². The summed E-state index contributed by atoms with van der Waals surface area (Å²) < 4.78 is 0. The van der Waals surface area contributed by atoms with Gasteiger partial charge in [-0.3, -0.25) is 0 Å². The second kappa shape index (κ2) is 5.55. The second-order valence-corrected chi connectivity index (χ2v) is 5.32. The molecule has 2 aromatic carbocycles. The summed E-state index contributed by atoms with van der Waals surface area (Å²) in [6.07, 6.45) is 0.811. The smallest absolute Gasteiger partial charge is 0.0528 e. The van der Waals surface area contributed by atoms with Crippen LogP contribution in [0.2, 0.25) is 5.02 Å². The standard InChI is InChI=1S/C16H17ClO/c1-16(12-18,11-13-5-3-2-4-6-13)14-7-9-15(17)10-8-14/h2-10,18H,11-12H2,1H3. The van der Waals surface area contributed by atoms with Gasteiger partial charge in [-0.05, 0) is 29.7 Å². The van der Waals surface area contributed by atoms with E-state index in [1.165, 1.54) is 5.56 Å². The largest absolute Gasteiger partial charge is 0.395 e. The highest BCUT2D eigenvalue weighted by atomic mass is 35.5. The number of hydrogen-bond donors (Lipinski definition) is 1. The van der Waals surface area contributed by atoms with Crippen LogP contribution >= 0.6 is 11.6 Å². The first-order chi connectivity index (χ1) is 8.64. The molecule has 2 rings (SSSR count). The van der Waals surface area contributed by atoms with E-state index in [0.717, 1.165) is 17.0 Å². The third-order valence-corrected chi connectivity index (χ3v) is 3.58. The van der Waals surface area contributed by atoms with Crippen LogP contribution in [0.5, 0.6) is 0 Å². The maximum absolute atomic E-state index is 9.74. The molecular formula is C16H17ClO. The molecule has 1 nitrogen and oxygen atoms in total. The molecule has 0 radical (unpaired) electrons. The summed E-state index contributed by atoms with van der Waals surface area (Å²) in [5.41, 5.74) is 2.06. The van der Waals surface area contributed by atoms with Crippen LogP contribution in [-0.2, 0) is 11.8 Å². The Kier molecular flexibility index (Phi) is 4.05. The lowest BCUT2D eigenvalue weighted by atomic mass is 9.78. The maximum atomic E-state index is 9.74. The van der Waals surface area contributed by atoms with Gasteiger partial charge in [-0.15, -0.1) is 0 Å². The van der Waals surface area contributed by atoms with E-state index in [0.29, 0.717) is 0 Å². The van der Waals surface area contributed by atoms with Crippen molar-refractivity contribution in [2.24, 2.45) is 0 Å². The molecule has 0 aliphatic carbocycles. The minimum Gasteiger partial charge on any atom is -0.395 e. The first kappa shape index (κ1) is 13.1. The van der Waals surface area contributed by atoms with Crippen molar-refractivity contribution in [2.45, 2.75) is 18.8 Å². The van der Waals surface area contributed by atoms with Gasteiger partial charge < -0.3 is 5.11 Å². The van der Waals surface area contributed by atoms with Gasteiger partial charge in [0.2, 0.25) is 0 Å². The summed E-state index contributed by atoms with van der Waals surface area (Å²) in [4.78, 5) is 0. The van der Waals surface area contributed by atoms with Crippen LogP contribution in [0, 0.1) is 0 Å². The molecule has 0 amide bonds. The van der Waals surface area contributed by atoms with Crippen LogP contribution in [0.4, 0.5) is 0 Å². The van der Waals surface area contributed by atoms with Crippen LogP contribution in [-0.4, -0.2) is 11.7 Å². The average molecular weight is 261 g/mol. The summed E-state index contributed by atoms with van der Waals surface area (Å²) >= 11 is 5.90. The number of hydrogen-bond acceptors (Lipinski definition) is 1. The zero-order valence-electron chi connectivity index (χ0n) is 10.4. The van der Waals surface area contributed by atoms with Crippen molar-refractivity contribution in [3.63, 3.8) is 0 Å². The zero-order valence-corrected chi connectivity index (χ0v) is 11.2. The molecule has 1 N–H and O–H groups in total. The first-order valence-corrected chi connectivity index (χ1v) is 6.43. The van der Waals surface area contributed by atoms with E-state index in [9.17, 15) is 5.11 Å². The van der Waals surface area contributed by atoms with Crippen molar-refractivity contribution in [2.75, 3.05) is 6.61 Å².